The molecule has 0 amide bonds. The van der Waals surface area contributed by atoms with Gasteiger partial charge in [0.2, 0.25) is 0 Å². The fourth-order valence-electron chi connectivity index (χ4n) is 4.62. The Labute approximate surface area is 222 Å². The minimum absolute atomic E-state index is 0.127. The van der Waals surface area contributed by atoms with Crippen LogP contribution in [0.2, 0.25) is 4.82 Å². The average molecular weight is 592 g/mol. The van der Waals surface area contributed by atoms with E-state index in [4.69, 9.17) is 14.2 Å². The number of nitro groups is 1. The Morgan fingerprint density at radius 1 is 0.973 bits per heavy atom. The van der Waals surface area contributed by atoms with Crippen LogP contribution in [-0.2, 0) is 15.4 Å². The number of hydrogen-bond donors (Lipinski definition) is 0. The van der Waals surface area contributed by atoms with Crippen LogP contribution in [0.4, 0.5) is 11.4 Å². The Balaban J connectivity index is 2.01. The number of anilines is 1. The Kier molecular flexibility index (Phi) is 7.41. The van der Waals surface area contributed by atoms with Gasteiger partial charge in [0.15, 0.2) is 0 Å². The summed E-state index contributed by atoms with van der Waals surface area (Å²) in [7, 11) is 0.108. The van der Waals surface area contributed by atoms with Gasteiger partial charge in [0.05, 0.1) is 0 Å². The zero-order chi connectivity index (χ0) is 27.0. The van der Waals surface area contributed by atoms with Crippen LogP contribution in [0.1, 0.15) is 19.4 Å². The van der Waals surface area contributed by atoms with Crippen LogP contribution in [0, 0.1) is 10.1 Å². The molecule has 0 fully saturated rings. The molecule has 0 spiro atoms. The molecule has 37 heavy (non-hydrogen) atoms. The SMILES string of the molecule is COc1cc2c(c(OC)c1OC)C(C)(C)C([Se]c1ccccc1)CN2S(=O)(=O)c1ccccc1[N+](=O)[O-]. The maximum atomic E-state index is 14.2. The van der Waals surface area contributed by atoms with E-state index in [0.717, 1.165) is 4.46 Å². The number of ether oxygens (including phenoxy) is 3. The molecule has 0 bridgehead atoms. The summed E-state index contributed by atoms with van der Waals surface area (Å²) in [5.41, 5.74) is -0.0295. The molecule has 0 radical (unpaired) electrons. The second-order valence-electron chi connectivity index (χ2n) is 8.94. The van der Waals surface area contributed by atoms with Crippen molar-refractivity contribution in [1.82, 2.24) is 0 Å². The molecule has 9 nitrogen and oxygen atoms in total. The number of sulfonamides is 1. The Morgan fingerprint density at radius 2 is 1.59 bits per heavy atom. The van der Waals surface area contributed by atoms with Crippen LogP contribution in [0.25, 0.3) is 0 Å². The van der Waals surface area contributed by atoms with Gasteiger partial charge in [0.25, 0.3) is 0 Å². The van der Waals surface area contributed by atoms with Crippen LogP contribution in [0.5, 0.6) is 17.2 Å². The van der Waals surface area contributed by atoms with E-state index in [-0.39, 0.29) is 31.2 Å². The Bertz CT molecular complexity index is 1430. The van der Waals surface area contributed by atoms with Gasteiger partial charge >= 0.3 is 223 Å². The van der Waals surface area contributed by atoms with Gasteiger partial charge < -0.3 is 0 Å². The Hall–Kier alpha value is -3.27. The van der Waals surface area contributed by atoms with Gasteiger partial charge in [-0.25, -0.2) is 0 Å². The van der Waals surface area contributed by atoms with Crippen molar-refractivity contribution in [2.45, 2.75) is 29.0 Å². The Morgan fingerprint density at radius 3 is 2.19 bits per heavy atom. The second-order valence-corrected chi connectivity index (χ2v) is 13.4. The summed E-state index contributed by atoms with van der Waals surface area (Å²) in [6.07, 6.45) is 0. The topological polar surface area (TPSA) is 108 Å². The van der Waals surface area contributed by atoms with Crippen molar-refractivity contribution in [2.75, 3.05) is 32.2 Å². The van der Waals surface area contributed by atoms with Gasteiger partial charge in [-0.05, 0) is 0 Å². The first-order chi connectivity index (χ1) is 17.6. The van der Waals surface area contributed by atoms with Gasteiger partial charge in [-0.3, -0.25) is 0 Å². The molecule has 1 aliphatic heterocycles. The summed E-state index contributed by atoms with van der Waals surface area (Å²) in [5, 5.41) is 11.8. The first-order valence-electron chi connectivity index (χ1n) is 11.4. The maximum absolute atomic E-state index is 14.2. The fourth-order valence-corrected chi connectivity index (χ4v) is 9.16. The quantitative estimate of drug-likeness (QED) is 0.222. The number of nitro benzene ring substituents is 1. The van der Waals surface area contributed by atoms with Crippen molar-refractivity contribution in [3.63, 3.8) is 0 Å². The van der Waals surface area contributed by atoms with Crippen molar-refractivity contribution in [2.24, 2.45) is 0 Å². The fraction of sp³-hybridized carbons (Fsp3) is 0.308. The van der Waals surface area contributed by atoms with Gasteiger partial charge in [-0.2, -0.15) is 0 Å². The first-order valence-corrected chi connectivity index (χ1v) is 14.7. The van der Waals surface area contributed by atoms with Crippen molar-refractivity contribution >= 4 is 40.8 Å². The predicted molar refractivity (Wildman–Crippen MR) is 142 cm³/mol. The number of benzene rings is 3. The summed E-state index contributed by atoms with van der Waals surface area (Å²) < 4.78 is 47.6. The summed E-state index contributed by atoms with van der Waals surface area (Å²) >= 11 is -0.142. The molecule has 196 valence electrons. The summed E-state index contributed by atoms with van der Waals surface area (Å²) in [4.78, 5) is 10.6. The van der Waals surface area contributed by atoms with Crippen LogP contribution in [0.3, 0.4) is 0 Å². The van der Waals surface area contributed by atoms with E-state index < -0.39 is 26.0 Å². The van der Waals surface area contributed by atoms with E-state index in [1.54, 1.807) is 6.07 Å². The van der Waals surface area contributed by atoms with Crippen molar-refractivity contribution in [3.05, 3.63) is 76.3 Å². The first kappa shape index (κ1) is 26.8. The number of hydrogen-bond acceptors (Lipinski definition) is 7. The predicted octanol–water partition coefficient (Wildman–Crippen LogP) is 3.93. The molecule has 3 aromatic carbocycles. The number of para-hydroxylation sites is 1. The van der Waals surface area contributed by atoms with Crippen molar-refractivity contribution in [1.29, 1.82) is 0 Å². The van der Waals surface area contributed by atoms with Gasteiger partial charge in [0.1, 0.15) is 0 Å². The molecule has 4 rings (SSSR count). The average Bonchev–Trinajstić information content (AvgIpc) is 2.89. The van der Waals surface area contributed by atoms with Crippen LogP contribution in [0.15, 0.2) is 65.6 Å². The standard InChI is InChI=1S/C26H28N2O7SSe/c1-26(2)22(37-17-11-7-6-8-12-17)16-27(36(31,32)21-14-10-9-13-18(21)28(29)30)19-15-20(33-3)24(34-4)25(35-5)23(19)26/h6-15,22H,16H2,1-5H3. The van der Waals surface area contributed by atoms with E-state index in [0.29, 0.717) is 28.5 Å². The third kappa shape index (κ3) is 4.63. The molecule has 0 aliphatic carbocycles. The van der Waals surface area contributed by atoms with Gasteiger partial charge in [-0.1, -0.05) is 0 Å². The molecule has 1 aliphatic rings. The minimum atomic E-state index is -4.35. The molecule has 1 heterocycles. The molecule has 1 atom stereocenters. The van der Waals surface area contributed by atoms with Crippen LogP contribution in [-0.4, -0.2) is 56.2 Å². The molecule has 0 saturated carbocycles. The molecule has 1 unspecified atom stereocenters. The second kappa shape index (κ2) is 10.2. The number of fused-ring (bicyclic) bond motifs is 1. The van der Waals surface area contributed by atoms with E-state index in [1.807, 2.05) is 30.3 Å². The monoisotopic (exact) mass is 592 g/mol. The molecule has 0 aromatic heterocycles. The van der Waals surface area contributed by atoms with Crippen molar-refractivity contribution < 1.29 is 27.6 Å². The number of methoxy groups -OCH3 is 3. The summed E-state index contributed by atoms with van der Waals surface area (Å²) in [5.74, 6) is 1.02. The van der Waals surface area contributed by atoms with E-state index in [2.05, 4.69) is 13.8 Å². The van der Waals surface area contributed by atoms with Crippen molar-refractivity contribution in [3.8, 4) is 17.2 Å². The summed E-state index contributed by atoms with van der Waals surface area (Å²) in [6, 6.07) is 16.9. The van der Waals surface area contributed by atoms with Crippen LogP contribution >= 0.6 is 0 Å². The molecular formula is C26H28N2O7SSe. The zero-order valence-corrected chi connectivity index (χ0v) is 23.7. The van der Waals surface area contributed by atoms with E-state index in [1.165, 1.54) is 49.9 Å². The number of nitrogens with zero attached hydrogens (tertiary/aromatic N) is 2. The van der Waals surface area contributed by atoms with Gasteiger partial charge in [0, 0.05) is 0 Å². The molecule has 0 N–H and O–H groups in total. The van der Waals surface area contributed by atoms with Crippen LogP contribution < -0.4 is 23.0 Å². The van der Waals surface area contributed by atoms with E-state index in [9.17, 15) is 18.5 Å². The molecule has 0 saturated heterocycles. The third-order valence-corrected chi connectivity index (χ3v) is 11.6. The molecular weight excluding hydrogens is 563 g/mol. The zero-order valence-electron chi connectivity index (χ0n) is 21.1. The van der Waals surface area contributed by atoms with Gasteiger partial charge in [-0.15, -0.1) is 0 Å². The normalized spacial score (nSPS) is 16.6. The summed E-state index contributed by atoms with van der Waals surface area (Å²) in [6.45, 7) is 4.25. The molecule has 11 heteroatoms. The molecule has 3 aromatic rings. The third-order valence-electron chi connectivity index (χ3n) is 6.51. The van der Waals surface area contributed by atoms with E-state index >= 15 is 0 Å². The number of rotatable bonds is 8.